The van der Waals surface area contributed by atoms with Gasteiger partial charge in [0, 0.05) is 24.1 Å². The number of alkyl halides is 1. The van der Waals surface area contributed by atoms with Crippen LogP contribution in [0.4, 0.5) is 0 Å². The predicted molar refractivity (Wildman–Crippen MR) is 88.9 cm³/mol. The van der Waals surface area contributed by atoms with Gasteiger partial charge in [-0.1, -0.05) is 26.2 Å². The summed E-state index contributed by atoms with van der Waals surface area (Å²) in [6.07, 6.45) is 5.49. The molecule has 0 amide bonds. The molecule has 0 spiro atoms. The number of Topliss-reactive ketones (excluding diaryl/α,β-unsaturated/α-hetero) is 1. The van der Waals surface area contributed by atoms with Crippen LogP contribution in [-0.2, 0) is 9.84 Å². The standard InChI is InChI=1S/C16H23ClO4S/c1-3-4-5-6-11-21-15-8-7-13(14(18)9-10-17)12-16(15)22(2,19)20/h7-8,12H,3-6,9-11H2,1-2H3. The highest BCUT2D eigenvalue weighted by molar-refractivity contribution is 7.90. The average Bonchev–Trinajstić information content (AvgIpc) is 2.46. The summed E-state index contributed by atoms with van der Waals surface area (Å²) in [5.74, 6) is 0.346. The topological polar surface area (TPSA) is 60.4 Å². The third-order valence-corrected chi connectivity index (χ3v) is 4.55. The highest BCUT2D eigenvalue weighted by atomic mass is 35.5. The van der Waals surface area contributed by atoms with Crippen LogP contribution in [0.25, 0.3) is 0 Å². The fraction of sp³-hybridized carbons (Fsp3) is 0.562. The van der Waals surface area contributed by atoms with Crippen molar-refractivity contribution >= 4 is 27.2 Å². The number of halogens is 1. The van der Waals surface area contributed by atoms with Crippen molar-refractivity contribution in [3.8, 4) is 5.75 Å². The molecular formula is C16H23ClO4S. The maximum Gasteiger partial charge on any atom is 0.179 e. The van der Waals surface area contributed by atoms with Crippen LogP contribution in [0.5, 0.6) is 5.75 Å². The lowest BCUT2D eigenvalue weighted by Gasteiger charge is -2.11. The number of rotatable bonds is 10. The van der Waals surface area contributed by atoms with E-state index in [1.54, 1.807) is 12.1 Å². The van der Waals surface area contributed by atoms with Gasteiger partial charge in [-0.3, -0.25) is 4.79 Å². The number of unbranched alkanes of at least 4 members (excludes halogenated alkanes) is 3. The molecule has 0 N–H and O–H groups in total. The molecule has 4 nitrogen and oxygen atoms in total. The maximum atomic E-state index is 11.9. The lowest BCUT2D eigenvalue weighted by atomic mass is 10.1. The van der Waals surface area contributed by atoms with Crippen LogP contribution in [0.3, 0.4) is 0 Å². The molecule has 0 heterocycles. The predicted octanol–water partition coefficient (Wildman–Crippen LogP) is 3.86. The zero-order valence-electron chi connectivity index (χ0n) is 13.1. The Balaban J connectivity index is 2.90. The van der Waals surface area contributed by atoms with E-state index < -0.39 is 9.84 Å². The summed E-state index contributed by atoms with van der Waals surface area (Å²) in [5.41, 5.74) is 0.347. The van der Waals surface area contributed by atoms with Crippen LogP contribution in [0, 0.1) is 0 Å². The quantitative estimate of drug-likeness (QED) is 0.366. The van der Waals surface area contributed by atoms with Crippen molar-refractivity contribution in [2.45, 2.75) is 43.9 Å². The molecule has 0 fully saturated rings. The Bertz CT molecular complexity index is 596. The van der Waals surface area contributed by atoms with E-state index in [0.29, 0.717) is 17.9 Å². The van der Waals surface area contributed by atoms with Gasteiger partial charge in [-0.05, 0) is 24.6 Å². The maximum absolute atomic E-state index is 11.9. The molecule has 22 heavy (non-hydrogen) atoms. The number of sulfone groups is 1. The average molecular weight is 347 g/mol. The molecule has 1 aromatic rings. The second-order valence-electron chi connectivity index (χ2n) is 5.20. The molecule has 6 heteroatoms. The molecule has 124 valence electrons. The smallest absolute Gasteiger partial charge is 0.179 e. The fourth-order valence-electron chi connectivity index (χ4n) is 2.03. The molecule has 0 aliphatic heterocycles. The molecule has 0 radical (unpaired) electrons. The van der Waals surface area contributed by atoms with Gasteiger partial charge < -0.3 is 4.74 Å². The van der Waals surface area contributed by atoms with Crippen LogP contribution in [-0.4, -0.2) is 32.9 Å². The molecule has 0 bridgehead atoms. The van der Waals surface area contributed by atoms with Crippen LogP contribution in [0.2, 0.25) is 0 Å². The number of hydrogen-bond acceptors (Lipinski definition) is 4. The van der Waals surface area contributed by atoms with E-state index in [9.17, 15) is 13.2 Å². The first-order valence-electron chi connectivity index (χ1n) is 7.46. The lowest BCUT2D eigenvalue weighted by Crippen LogP contribution is -2.07. The minimum Gasteiger partial charge on any atom is -0.492 e. The first-order chi connectivity index (χ1) is 10.4. The molecule has 0 saturated heterocycles. The van der Waals surface area contributed by atoms with Gasteiger partial charge in [0.1, 0.15) is 10.6 Å². The van der Waals surface area contributed by atoms with Gasteiger partial charge in [0.2, 0.25) is 0 Å². The Morgan fingerprint density at radius 1 is 1.23 bits per heavy atom. The summed E-state index contributed by atoms with van der Waals surface area (Å²) in [6.45, 7) is 2.59. The highest BCUT2D eigenvalue weighted by Gasteiger charge is 2.17. The third kappa shape index (κ3) is 5.97. The Hall–Kier alpha value is -1.07. The van der Waals surface area contributed by atoms with Crippen molar-refractivity contribution in [2.24, 2.45) is 0 Å². The molecule has 1 rings (SSSR count). The van der Waals surface area contributed by atoms with E-state index >= 15 is 0 Å². The van der Waals surface area contributed by atoms with Gasteiger partial charge in [0.15, 0.2) is 15.6 Å². The van der Waals surface area contributed by atoms with Gasteiger partial charge in [-0.15, -0.1) is 11.6 Å². The number of ketones is 1. The van der Waals surface area contributed by atoms with Gasteiger partial charge in [-0.2, -0.15) is 0 Å². The van der Waals surface area contributed by atoms with E-state index in [-0.39, 0.29) is 23.0 Å². The Morgan fingerprint density at radius 3 is 2.55 bits per heavy atom. The molecule has 0 atom stereocenters. The first kappa shape index (κ1) is 19.0. The van der Waals surface area contributed by atoms with Gasteiger partial charge in [-0.25, -0.2) is 8.42 Å². The minimum absolute atomic E-state index is 0.0587. The number of hydrogen-bond donors (Lipinski definition) is 0. The molecular weight excluding hydrogens is 324 g/mol. The van der Waals surface area contributed by atoms with E-state index in [0.717, 1.165) is 31.9 Å². The van der Waals surface area contributed by atoms with Crippen LogP contribution < -0.4 is 4.74 Å². The normalized spacial score (nSPS) is 11.4. The van der Waals surface area contributed by atoms with Crippen molar-refractivity contribution in [1.82, 2.24) is 0 Å². The highest BCUT2D eigenvalue weighted by Crippen LogP contribution is 2.26. The summed E-state index contributed by atoms with van der Waals surface area (Å²) in [4.78, 5) is 11.9. The molecule has 1 aromatic carbocycles. The first-order valence-corrected chi connectivity index (χ1v) is 9.88. The van der Waals surface area contributed by atoms with E-state index in [4.69, 9.17) is 16.3 Å². The Kier molecular flexibility index (Phi) is 7.90. The zero-order chi connectivity index (χ0) is 16.6. The summed E-state index contributed by atoms with van der Waals surface area (Å²) >= 11 is 5.55. The molecule has 0 aliphatic carbocycles. The molecule has 0 aromatic heterocycles. The minimum atomic E-state index is -3.46. The number of carbonyl (C=O) groups is 1. The lowest BCUT2D eigenvalue weighted by molar-refractivity contribution is 0.0989. The van der Waals surface area contributed by atoms with Crippen molar-refractivity contribution < 1.29 is 17.9 Å². The third-order valence-electron chi connectivity index (χ3n) is 3.24. The second kappa shape index (κ2) is 9.16. The zero-order valence-corrected chi connectivity index (χ0v) is 14.7. The molecule has 0 aliphatic rings. The molecule has 0 unspecified atom stereocenters. The van der Waals surface area contributed by atoms with E-state index in [1.165, 1.54) is 6.07 Å². The van der Waals surface area contributed by atoms with Gasteiger partial charge in [0.05, 0.1) is 6.61 Å². The Morgan fingerprint density at radius 2 is 1.95 bits per heavy atom. The molecule has 0 saturated carbocycles. The summed E-state index contributed by atoms with van der Waals surface area (Å²) < 4.78 is 29.4. The second-order valence-corrected chi connectivity index (χ2v) is 7.57. The van der Waals surface area contributed by atoms with Crippen molar-refractivity contribution in [2.75, 3.05) is 18.7 Å². The monoisotopic (exact) mass is 346 g/mol. The summed E-state index contributed by atoms with van der Waals surface area (Å²) in [6, 6.07) is 4.52. The largest absolute Gasteiger partial charge is 0.492 e. The fourth-order valence-corrected chi connectivity index (χ4v) is 3.04. The number of carbonyl (C=O) groups excluding carboxylic acids is 1. The van der Waals surface area contributed by atoms with Gasteiger partial charge >= 0.3 is 0 Å². The van der Waals surface area contributed by atoms with Crippen LogP contribution in [0.15, 0.2) is 23.1 Å². The van der Waals surface area contributed by atoms with Crippen molar-refractivity contribution in [3.05, 3.63) is 23.8 Å². The Labute approximate surface area is 137 Å². The summed E-state index contributed by atoms with van der Waals surface area (Å²) in [7, 11) is -3.46. The van der Waals surface area contributed by atoms with Crippen molar-refractivity contribution in [3.63, 3.8) is 0 Å². The van der Waals surface area contributed by atoms with E-state index in [1.807, 2.05) is 0 Å². The van der Waals surface area contributed by atoms with Gasteiger partial charge in [0.25, 0.3) is 0 Å². The SMILES string of the molecule is CCCCCCOc1ccc(C(=O)CCCl)cc1S(C)(=O)=O. The van der Waals surface area contributed by atoms with Crippen LogP contribution >= 0.6 is 11.6 Å². The number of benzene rings is 1. The number of ether oxygens (including phenoxy) is 1. The van der Waals surface area contributed by atoms with E-state index in [2.05, 4.69) is 6.92 Å². The van der Waals surface area contributed by atoms with Crippen molar-refractivity contribution in [1.29, 1.82) is 0 Å². The summed E-state index contributed by atoms with van der Waals surface area (Å²) in [5, 5.41) is 0. The van der Waals surface area contributed by atoms with Crippen LogP contribution in [0.1, 0.15) is 49.4 Å².